The molecule has 0 heterocycles. The van der Waals surface area contributed by atoms with Crippen molar-refractivity contribution in [1.82, 2.24) is 0 Å². The van der Waals surface area contributed by atoms with Gasteiger partial charge in [-0.1, -0.05) is 17.7 Å². The van der Waals surface area contributed by atoms with Crippen molar-refractivity contribution in [1.29, 1.82) is 0 Å². The molecule has 3 nitrogen and oxygen atoms in total. The summed E-state index contributed by atoms with van der Waals surface area (Å²) in [7, 11) is 1.60. The molecule has 3 heteroatoms. The Labute approximate surface area is 84.6 Å². The number of hydrogen-bond donors (Lipinski definition) is 0. The predicted octanol–water partition coefficient (Wildman–Crippen LogP) is 1.99. The quantitative estimate of drug-likeness (QED) is 0.514. The smallest absolute Gasteiger partial charge is 0.146 e. The standard InChI is InChI=1S/C11H16O3/c1-10-3-5-11(6-4-10)14-8-7-13-9-12-2/h3-6H,7-9H2,1-2H3. The molecule has 0 spiro atoms. The van der Waals surface area contributed by atoms with Crippen LogP contribution in [0, 0.1) is 6.92 Å². The highest BCUT2D eigenvalue weighted by Gasteiger charge is 1.92. The molecule has 0 bridgehead atoms. The molecular formula is C11H16O3. The van der Waals surface area contributed by atoms with E-state index in [1.807, 2.05) is 31.2 Å². The zero-order chi connectivity index (χ0) is 10.2. The molecule has 0 saturated carbocycles. The number of hydrogen-bond acceptors (Lipinski definition) is 3. The molecule has 0 aliphatic rings. The van der Waals surface area contributed by atoms with E-state index >= 15 is 0 Å². The molecule has 0 unspecified atom stereocenters. The van der Waals surface area contributed by atoms with Gasteiger partial charge in [0.05, 0.1) is 6.61 Å². The molecule has 1 aromatic rings. The van der Waals surface area contributed by atoms with E-state index in [9.17, 15) is 0 Å². The second-order valence-electron chi connectivity index (χ2n) is 2.98. The van der Waals surface area contributed by atoms with Crippen LogP contribution in [0.3, 0.4) is 0 Å². The Morgan fingerprint density at radius 2 is 1.79 bits per heavy atom. The summed E-state index contributed by atoms with van der Waals surface area (Å²) in [4.78, 5) is 0. The summed E-state index contributed by atoms with van der Waals surface area (Å²) < 4.78 is 15.2. The van der Waals surface area contributed by atoms with Gasteiger partial charge in [-0.2, -0.15) is 0 Å². The van der Waals surface area contributed by atoms with Gasteiger partial charge in [0, 0.05) is 7.11 Å². The van der Waals surface area contributed by atoms with Gasteiger partial charge >= 0.3 is 0 Å². The first-order valence-electron chi connectivity index (χ1n) is 4.59. The summed E-state index contributed by atoms with van der Waals surface area (Å²) in [5, 5.41) is 0. The summed E-state index contributed by atoms with van der Waals surface area (Å²) in [6, 6.07) is 7.94. The second-order valence-corrected chi connectivity index (χ2v) is 2.98. The highest BCUT2D eigenvalue weighted by Crippen LogP contribution is 2.10. The monoisotopic (exact) mass is 196 g/mol. The summed E-state index contributed by atoms with van der Waals surface area (Å²) in [6.07, 6.45) is 0. The first-order chi connectivity index (χ1) is 6.83. The summed E-state index contributed by atoms with van der Waals surface area (Å²) in [6.45, 7) is 3.46. The third-order valence-electron chi connectivity index (χ3n) is 1.72. The van der Waals surface area contributed by atoms with Crippen molar-refractivity contribution in [3.05, 3.63) is 29.8 Å². The largest absolute Gasteiger partial charge is 0.491 e. The molecule has 1 aromatic carbocycles. The predicted molar refractivity (Wildman–Crippen MR) is 54.5 cm³/mol. The Kier molecular flexibility index (Phi) is 5.04. The van der Waals surface area contributed by atoms with Crippen molar-refractivity contribution in [2.75, 3.05) is 27.1 Å². The fraction of sp³-hybridized carbons (Fsp3) is 0.455. The Bertz CT molecular complexity index is 243. The molecule has 0 fully saturated rings. The summed E-state index contributed by atoms with van der Waals surface area (Å²) >= 11 is 0. The van der Waals surface area contributed by atoms with Gasteiger partial charge in [0.2, 0.25) is 0 Å². The molecular weight excluding hydrogens is 180 g/mol. The fourth-order valence-corrected chi connectivity index (χ4v) is 0.995. The number of rotatable bonds is 6. The van der Waals surface area contributed by atoms with E-state index in [-0.39, 0.29) is 0 Å². The molecule has 78 valence electrons. The highest BCUT2D eigenvalue weighted by molar-refractivity contribution is 5.26. The van der Waals surface area contributed by atoms with E-state index in [4.69, 9.17) is 14.2 Å². The molecule has 0 saturated heterocycles. The van der Waals surface area contributed by atoms with Crippen LogP contribution < -0.4 is 4.74 Å². The van der Waals surface area contributed by atoms with Gasteiger partial charge in [0.1, 0.15) is 19.1 Å². The first-order valence-corrected chi connectivity index (χ1v) is 4.59. The summed E-state index contributed by atoms with van der Waals surface area (Å²) in [5.74, 6) is 0.872. The number of methoxy groups -OCH3 is 1. The summed E-state index contributed by atoms with van der Waals surface area (Å²) in [5.41, 5.74) is 1.23. The average Bonchev–Trinajstić information content (AvgIpc) is 2.21. The molecule has 0 aliphatic heterocycles. The molecule has 0 aliphatic carbocycles. The minimum atomic E-state index is 0.317. The fourth-order valence-electron chi connectivity index (χ4n) is 0.995. The maximum Gasteiger partial charge on any atom is 0.146 e. The van der Waals surface area contributed by atoms with Crippen molar-refractivity contribution in [3.8, 4) is 5.75 Å². The van der Waals surface area contributed by atoms with E-state index in [1.165, 1.54) is 5.56 Å². The lowest BCUT2D eigenvalue weighted by atomic mass is 10.2. The van der Waals surface area contributed by atoms with Crippen LogP contribution in [0.15, 0.2) is 24.3 Å². The molecule has 0 amide bonds. The minimum absolute atomic E-state index is 0.317. The van der Waals surface area contributed by atoms with Crippen LogP contribution in [-0.2, 0) is 9.47 Å². The maximum absolute atomic E-state index is 5.43. The second kappa shape index (κ2) is 6.40. The van der Waals surface area contributed by atoms with E-state index in [0.29, 0.717) is 20.0 Å². The number of aryl methyl sites for hydroxylation is 1. The van der Waals surface area contributed by atoms with Crippen molar-refractivity contribution in [2.24, 2.45) is 0 Å². The lowest BCUT2D eigenvalue weighted by Gasteiger charge is -2.06. The minimum Gasteiger partial charge on any atom is -0.491 e. The number of benzene rings is 1. The zero-order valence-corrected chi connectivity index (χ0v) is 8.66. The zero-order valence-electron chi connectivity index (χ0n) is 8.66. The Hall–Kier alpha value is -1.06. The van der Waals surface area contributed by atoms with Crippen LogP contribution in [-0.4, -0.2) is 27.1 Å². The molecule has 14 heavy (non-hydrogen) atoms. The lowest BCUT2D eigenvalue weighted by Crippen LogP contribution is -2.08. The maximum atomic E-state index is 5.43. The first kappa shape index (κ1) is 11.0. The molecule has 1 rings (SSSR count). The van der Waals surface area contributed by atoms with Gasteiger partial charge in [-0.15, -0.1) is 0 Å². The van der Waals surface area contributed by atoms with E-state index < -0.39 is 0 Å². The Morgan fingerprint density at radius 3 is 2.43 bits per heavy atom. The highest BCUT2D eigenvalue weighted by atomic mass is 16.7. The van der Waals surface area contributed by atoms with Gasteiger partial charge < -0.3 is 14.2 Å². The molecule has 0 radical (unpaired) electrons. The molecule has 0 atom stereocenters. The van der Waals surface area contributed by atoms with Crippen LogP contribution in [0.1, 0.15) is 5.56 Å². The Balaban J connectivity index is 2.15. The number of ether oxygens (including phenoxy) is 3. The molecule has 0 N–H and O–H groups in total. The van der Waals surface area contributed by atoms with E-state index in [0.717, 1.165) is 5.75 Å². The van der Waals surface area contributed by atoms with Gasteiger partial charge in [0.25, 0.3) is 0 Å². The third-order valence-corrected chi connectivity index (χ3v) is 1.72. The lowest BCUT2D eigenvalue weighted by molar-refractivity contribution is -0.0387. The van der Waals surface area contributed by atoms with Gasteiger partial charge in [-0.25, -0.2) is 0 Å². The Morgan fingerprint density at radius 1 is 1.07 bits per heavy atom. The van der Waals surface area contributed by atoms with Crippen molar-refractivity contribution < 1.29 is 14.2 Å². The van der Waals surface area contributed by atoms with Gasteiger partial charge in [0.15, 0.2) is 0 Å². The van der Waals surface area contributed by atoms with Crippen molar-refractivity contribution in [3.63, 3.8) is 0 Å². The SMILES string of the molecule is COCOCCOc1ccc(C)cc1. The van der Waals surface area contributed by atoms with Crippen LogP contribution in [0.4, 0.5) is 0 Å². The van der Waals surface area contributed by atoms with Crippen molar-refractivity contribution in [2.45, 2.75) is 6.92 Å². The normalized spacial score (nSPS) is 10.1. The third kappa shape index (κ3) is 4.25. The van der Waals surface area contributed by atoms with E-state index in [1.54, 1.807) is 7.11 Å². The van der Waals surface area contributed by atoms with Crippen molar-refractivity contribution >= 4 is 0 Å². The van der Waals surface area contributed by atoms with Crippen LogP contribution in [0.25, 0.3) is 0 Å². The average molecular weight is 196 g/mol. The van der Waals surface area contributed by atoms with Crippen LogP contribution in [0.5, 0.6) is 5.75 Å². The van der Waals surface area contributed by atoms with Crippen LogP contribution >= 0.6 is 0 Å². The van der Waals surface area contributed by atoms with Gasteiger partial charge in [-0.05, 0) is 19.1 Å². The van der Waals surface area contributed by atoms with Gasteiger partial charge in [-0.3, -0.25) is 0 Å². The molecule has 0 aromatic heterocycles. The topological polar surface area (TPSA) is 27.7 Å². The van der Waals surface area contributed by atoms with Crippen LogP contribution in [0.2, 0.25) is 0 Å². The van der Waals surface area contributed by atoms with E-state index in [2.05, 4.69) is 0 Å².